The van der Waals surface area contributed by atoms with Gasteiger partial charge in [-0.15, -0.1) is 0 Å². The maximum absolute atomic E-state index is 13.7. The quantitative estimate of drug-likeness (QED) is 0.874. The van der Waals surface area contributed by atoms with Gasteiger partial charge in [0.15, 0.2) is 0 Å². The second-order valence-electron chi connectivity index (χ2n) is 7.73. The van der Waals surface area contributed by atoms with Crippen LogP contribution in [0.1, 0.15) is 56.2 Å². The van der Waals surface area contributed by atoms with E-state index in [1.807, 2.05) is 0 Å². The molecule has 0 radical (unpaired) electrons. The SMILES string of the molecule is NCC1CC(n2cc(-c3ncc(F)cc3OC3CC3)c(C3CC3)n2)C1. The Morgan fingerprint density at radius 1 is 1.24 bits per heavy atom. The number of pyridine rings is 1. The van der Waals surface area contributed by atoms with Gasteiger partial charge in [0.2, 0.25) is 0 Å². The van der Waals surface area contributed by atoms with E-state index >= 15 is 0 Å². The standard InChI is InChI=1S/C19H23FN4O/c20-13-7-17(25-15-3-4-15)19(22-9-13)16-10-24(14-5-11(6-14)8-21)23-18(16)12-1-2-12/h7,9-12,14-15H,1-6,8,21H2. The topological polar surface area (TPSA) is 66.0 Å². The summed E-state index contributed by atoms with van der Waals surface area (Å²) < 4.78 is 21.7. The molecule has 0 spiro atoms. The number of nitrogens with zero attached hydrogens (tertiary/aromatic N) is 3. The zero-order valence-electron chi connectivity index (χ0n) is 14.2. The first kappa shape index (κ1) is 15.3. The van der Waals surface area contributed by atoms with Gasteiger partial charge in [-0.05, 0) is 51.0 Å². The molecule has 3 aliphatic rings. The molecule has 0 saturated heterocycles. The molecule has 5 nitrogen and oxygen atoms in total. The third-order valence-electron chi connectivity index (χ3n) is 5.54. The van der Waals surface area contributed by atoms with Crippen molar-refractivity contribution < 1.29 is 9.13 Å². The number of ether oxygens (including phenoxy) is 1. The van der Waals surface area contributed by atoms with Crippen molar-refractivity contribution in [3.63, 3.8) is 0 Å². The predicted octanol–water partition coefficient (Wildman–Crippen LogP) is 3.41. The zero-order chi connectivity index (χ0) is 17.0. The summed E-state index contributed by atoms with van der Waals surface area (Å²) in [5.41, 5.74) is 8.59. The van der Waals surface area contributed by atoms with Crippen LogP contribution in [-0.2, 0) is 0 Å². The second kappa shape index (κ2) is 5.80. The lowest BCUT2D eigenvalue weighted by atomic mass is 9.80. The van der Waals surface area contributed by atoms with E-state index in [1.165, 1.54) is 25.1 Å². The highest BCUT2D eigenvalue weighted by Gasteiger charge is 2.35. The fourth-order valence-corrected chi connectivity index (χ4v) is 3.62. The van der Waals surface area contributed by atoms with Crippen LogP contribution in [0.5, 0.6) is 5.75 Å². The van der Waals surface area contributed by atoms with E-state index in [4.69, 9.17) is 15.6 Å². The van der Waals surface area contributed by atoms with Gasteiger partial charge in [0, 0.05) is 23.7 Å². The van der Waals surface area contributed by atoms with Gasteiger partial charge in [0.05, 0.1) is 24.0 Å². The molecular formula is C19H23FN4O. The molecule has 0 aromatic carbocycles. The molecule has 2 heterocycles. The maximum Gasteiger partial charge on any atom is 0.149 e. The van der Waals surface area contributed by atoms with Gasteiger partial charge >= 0.3 is 0 Å². The Bertz CT molecular complexity index is 791. The summed E-state index contributed by atoms with van der Waals surface area (Å²) in [4.78, 5) is 4.37. The van der Waals surface area contributed by atoms with E-state index in [-0.39, 0.29) is 11.9 Å². The molecule has 3 fully saturated rings. The van der Waals surface area contributed by atoms with Crippen LogP contribution in [0.3, 0.4) is 0 Å². The molecule has 0 aliphatic heterocycles. The summed E-state index contributed by atoms with van der Waals surface area (Å²) in [6.45, 7) is 0.749. The molecule has 0 unspecified atom stereocenters. The summed E-state index contributed by atoms with van der Waals surface area (Å²) >= 11 is 0. The normalized spacial score (nSPS) is 25.7. The van der Waals surface area contributed by atoms with Crippen LogP contribution >= 0.6 is 0 Å². The lowest BCUT2D eigenvalue weighted by Crippen LogP contribution is -2.32. The smallest absolute Gasteiger partial charge is 0.149 e. The first-order valence-electron chi connectivity index (χ1n) is 9.33. The van der Waals surface area contributed by atoms with E-state index in [0.29, 0.717) is 23.6 Å². The molecule has 0 amide bonds. The number of aromatic nitrogens is 3. The molecular weight excluding hydrogens is 319 g/mol. The Labute approximate surface area is 146 Å². The van der Waals surface area contributed by atoms with E-state index in [1.54, 1.807) is 0 Å². The highest BCUT2D eigenvalue weighted by molar-refractivity contribution is 5.69. The first-order valence-corrected chi connectivity index (χ1v) is 9.33. The minimum Gasteiger partial charge on any atom is -0.488 e. The molecule has 6 heteroatoms. The van der Waals surface area contributed by atoms with Gasteiger partial charge in [0.25, 0.3) is 0 Å². The van der Waals surface area contributed by atoms with Crippen LogP contribution in [0.4, 0.5) is 4.39 Å². The predicted molar refractivity (Wildman–Crippen MR) is 91.9 cm³/mol. The molecule has 3 aliphatic carbocycles. The van der Waals surface area contributed by atoms with Gasteiger partial charge < -0.3 is 10.5 Å². The van der Waals surface area contributed by atoms with Crippen molar-refractivity contribution in [1.29, 1.82) is 0 Å². The Balaban J connectivity index is 1.51. The molecule has 132 valence electrons. The van der Waals surface area contributed by atoms with Crippen molar-refractivity contribution in [3.05, 3.63) is 30.0 Å². The van der Waals surface area contributed by atoms with Crippen LogP contribution in [0.2, 0.25) is 0 Å². The van der Waals surface area contributed by atoms with E-state index in [2.05, 4.69) is 15.9 Å². The summed E-state index contributed by atoms with van der Waals surface area (Å²) in [6.07, 6.45) is 10.1. The fraction of sp³-hybridized carbons (Fsp3) is 0.579. The van der Waals surface area contributed by atoms with Gasteiger partial charge in [0.1, 0.15) is 17.3 Å². The molecule has 0 atom stereocenters. The summed E-state index contributed by atoms with van der Waals surface area (Å²) in [5, 5.41) is 4.88. The highest BCUT2D eigenvalue weighted by atomic mass is 19.1. The van der Waals surface area contributed by atoms with Crippen molar-refractivity contribution in [1.82, 2.24) is 14.8 Å². The Hall–Kier alpha value is -1.95. The maximum atomic E-state index is 13.7. The molecule has 2 aromatic heterocycles. The zero-order valence-corrected chi connectivity index (χ0v) is 14.2. The highest BCUT2D eigenvalue weighted by Crippen LogP contribution is 2.47. The molecule has 5 rings (SSSR count). The number of hydrogen-bond donors (Lipinski definition) is 1. The van der Waals surface area contributed by atoms with Crippen LogP contribution < -0.4 is 10.5 Å². The third kappa shape index (κ3) is 2.92. The first-order chi connectivity index (χ1) is 12.2. The molecule has 25 heavy (non-hydrogen) atoms. The van der Waals surface area contributed by atoms with E-state index < -0.39 is 0 Å². The summed E-state index contributed by atoms with van der Waals surface area (Å²) in [5.74, 6) is 1.31. The van der Waals surface area contributed by atoms with Crippen molar-refractivity contribution in [2.45, 2.75) is 56.6 Å². The number of rotatable bonds is 6. The molecule has 0 bridgehead atoms. The van der Waals surface area contributed by atoms with Crippen LogP contribution in [0.25, 0.3) is 11.3 Å². The van der Waals surface area contributed by atoms with Crippen molar-refractivity contribution in [2.75, 3.05) is 6.54 Å². The lowest BCUT2D eigenvalue weighted by Gasteiger charge is -2.34. The van der Waals surface area contributed by atoms with Gasteiger partial charge in [-0.2, -0.15) is 5.10 Å². The minimum atomic E-state index is -0.357. The average Bonchev–Trinajstić information content (AvgIpc) is 3.47. The van der Waals surface area contributed by atoms with Crippen molar-refractivity contribution >= 4 is 0 Å². The Morgan fingerprint density at radius 2 is 2.04 bits per heavy atom. The van der Waals surface area contributed by atoms with Crippen LogP contribution in [-0.4, -0.2) is 27.4 Å². The largest absolute Gasteiger partial charge is 0.488 e. The number of hydrogen-bond acceptors (Lipinski definition) is 4. The van der Waals surface area contributed by atoms with Crippen molar-refractivity contribution in [2.24, 2.45) is 11.7 Å². The van der Waals surface area contributed by atoms with Crippen molar-refractivity contribution in [3.8, 4) is 17.0 Å². The van der Waals surface area contributed by atoms with Crippen LogP contribution in [0, 0.1) is 11.7 Å². The molecule has 2 aromatic rings. The monoisotopic (exact) mass is 342 g/mol. The third-order valence-corrected chi connectivity index (χ3v) is 5.54. The molecule has 3 saturated carbocycles. The van der Waals surface area contributed by atoms with Gasteiger partial charge in [-0.25, -0.2) is 9.37 Å². The molecule has 2 N–H and O–H groups in total. The lowest BCUT2D eigenvalue weighted by molar-refractivity contribution is 0.189. The second-order valence-corrected chi connectivity index (χ2v) is 7.73. The van der Waals surface area contributed by atoms with E-state index in [9.17, 15) is 4.39 Å². The number of nitrogens with two attached hydrogens (primary N) is 1. The van der Waals surface area contributed by atoms with Crippen LogP contribution in [0.15, 0.2) is 18.5 Å². The minimum absolute atomic E-state index is 0.207. The van der Waals surface area contributed by atoms with Gasteiger partial charge in [-0.1, -0.05) is 0 Å². The number of halogens is 1. The average molecular weight is 342 g/mol. The Morgan fingerprint density at radius 3 is 2.72 bits per heavy atom. The Kier molecular flexibility index (Phi) is 3.55. The summed E-state index contributed by atoms with van der Waals surface area (Å²) in [6, 6.07) is 1.88. The fourth-order valence-electron chi connectivity index (χ4n) is 3.62. The van der Waals surface area contributed by atoms with E-state index in [0.717, 1.165) is 49.2 Å². The van der Waals surface area contributed by atoms with Gasteiger partial charge in [-0.3, -0.25) is 4.68 Å². The summed E-state index contributed by atoms with van der Waals surface area (Å²) in [7, 11) is 0.